The van der Waals surface area contributed by atoms with E-state index in [0.29, 0.717) is 17.0 Å². The molecule has 0 saturated heterocycles. The van der Waals surface area contributed by atoms with Gasteiger partial charge in [-0.15, -0.1) is 0 Å². The number of aryl methyl sites for hydroxylation is 1. The Morgan fingerprint density at radius 2 is 1.79 bits per heavy atom. The minimum atomic E-state index is -1.22. The Morgan fingerprint density at radius 1 is 1.07 bits per heavy atom. The number of hydrogen-bond donors (Lipinski definition) is 2. The Balaban J connectivity index is 1.76. The van der Waals surface area contributed by atoms with E-state index >= 15 is 0 Å². The molecule has 0 aliphatic carbocycles. The fraction of sp³-hybridized carbons (Fsp3) is 0.0476. The van der Waals surface area contributed by atoms with Crippen LogP contribution in [0.3, 0.4) is 0 Å². The van der Waals surface area contributed by atoms with Crippen LogP contribution in [0.25, 0.3) is 6.08 Å². The number of carboxylic acid groups (broad SMARTS) is 1. The molecular weight excluding hydrogens is 471 g/mol. The van der Waals surface area contributed by atoms with E-state index < -0.39 is 11.9 Å². The van der Waals surface area contributed by atoms with Crippen LogP contribution in [0.5, 0.6) is 11.5 Å². The average Bonchev–Trinajstić information content (AvgIpc) is 3.10. The van der Waals surface area contributed by atoms with Crippen LogP contribution in [-0.2, 0) is 11.8 Å². The summed E-state index contributed by atoms with van der Waals surface area (Å²) in [6, 6.07) is 17.9. The van der Waals surface area contributed by atoms with Crippen LogP contribution in [-0.4, -0.2) is 21.6 Å². The van der Waals surface area contributed by atoms with Gasteiger partial charge in [0.15, 0.2) is 0 Å². The predicted octanol–water partition coefficient (Wildman–Crippen LogP) is 4.28. The molecule has 0 atom stereocenters. The zero-order valence-electron chi connectivity index (χ0n) is 14.9. The molecule has 0 saturated carbocycles. The Morgan fingerprint density at radius 3 is 2.39 bits per heavy atom. The van der Waals surface area contributed by atoms with Gasteiger partial charge in [0.1, 0.15) is 22.9 Å². The first-order valence-corrected chi connectivity index (χ1v) is 9.42. The fourth-order valence-corrected chi connectivity index (χ4v) is 2.99. The van der Waals surface area contributed by atoms with E-state index in [2.05, 4.69) is 27.9 Å². The summed E-state index contributed by atoms with van der Waals surface area (Å²) >= 11 is 2.19. The van der Waals surface area contributed by atoms with Crippen molar-refractivity contribution in [3.8, 4) is 11.5 Å². The summed E-state index contributed by atoms with van der Waals surface area (Å²) in [7, 11) is 1.71. The highest BCUT2D eigenvalue weighted by atomic mass is 127. The second-order valence-corrected chi connectivity index (χ2v) is 7.09. The molecule has 0 unspecified atom stereocenters. The van der Waals surface area contributed by atoms with Gasteiger partial charge in [-0.25, -0.2) is 4.79 Å². The minimum absolute atomic E-state index is 0.211. The molecule has 3 rings (SSSR count). The summed E-state index contributed by atoms with van der Waals surface area (Å²) < 4.78 is 8.43. The maximum Gasteiger partial charge on any atom is 0.352 e. The quantitative estimate of drug-likeness (QED) is 0.401. The second-order valence-electron chi connectivity index (χ2n) is 5.92. The van der Waals surface area contributed by atoms with Crippen LogP contribution < -0.4 is 10.1 Å². The van der Waals surface area contributed by atoms with Gasteiger partial charge >= 0.3 is 5.97 Å². The zero-order chi connectivity index (χ0) is 20.1. The van der Waals surface area contributed by atoms with Gasteiger partial charge in [0.25, 0.3) is 5.91 Å². The van der Waals surface area contributed by atoms with Crippen molar-refractivity contribution in [1.29, 1.82) is 0 Å². The number of hydrogen-bond acceptors (Lipinski definition) is 3. The minimum Gasteiger partial charge on any atom is -0.477 e. The first kappa shape index (κ1) is 19.7. The standard InChI is InChI=1S/C21H17IN2O4/c1-24-12-4-6-18(24)20(25)23-17(21(26)27)13-14-8-10-15(11-9-14)28-19-7-3-2-5-16(19)22/h2-13H,1H3,(H,23,25)(H,26,27)/b17-13+. The number of nitrogens with zero attached hydrogens (tertiary/aromatic N) is 1. The zero-order valence-corrected chi connectivity index (χ0v) is 17.1. The Labute approximate surface area is 175 Å². The monoisotopic (exact) mass is 488 g/mol. The summed E-state index contributed by atoms with van der Waals surface area (Å²) in [5, 5.41) is 11.9. The molecule has 142 valence electrons. The molecule has 1 heterocycles. The number of rotatable bonds is 6. The van der Waals surface area contributed by atoms with Gasteiger partial charge in [-0.1, -0.05) is 24.3 Å². The third-order valence-electron chi connectivity index (χ3n) is 3.91. The maximum absolute atomic E-state index is 12.3. The lowest BCUT2D eigenvalue weighted by atomic mass is 10.2. The van der Waals surface area contributed by atoms with Crippen molar-refractivity contribution in [1.82, 2.24) is 9.88 Å². The number of nitrogens with one attached hydrogen (secondary N) is 1. The highest BCUT2D eigenvalue weighted by Crippen LogP contribution is 2.26. The van der Waals surface area contributed by atoms with Gasteiger partial charge < -0.3 is 19.7 Å². The molecular formula is C21H17IN2O4. The Kier molecular flexibility index (Phi) is 6.15. The van der Waals surface area contributed by atoms with E-state index in [-0.39, 0.29) is 5.70 Å². The second kappa shape index (κ2) is 8.75. The molecule has 3 aromatic rings. The van der Waals surface area contributed by atoms with E-state index in [1.54, 1.807) is 54.2 Å². The topological polar surface area (TPSA) is 80.6 Å². The molecule has 6 nitrogen and oxygen atoms in total. The number of halogens is 1. The summed E-state index contributed by atoms with van der Waals surface area (Å²) in [4.78, 5) is 23.8. The molecule has 1 amide bonds. The number of benzene rings is 2. The van der Waals surface area contributed by atoms with Crippen molar-refractivity contribution in [3.63, 3.8) is 0 Å². The third-order valence-corrected chi connectivity index (χ3v) is 4.80. The first-order valence-electron chi connectivity index (χ1n) is 8.34. The summed E-state index contributed by atoms with van der Waals surface area (Å²) in [6.07, 6.45) is 3.12. The van der Waals surface area contributed by atoms with Crippen LogP contribution in [0, 0.1) is 3.57 Å². The van der Waals surface area contributed by atoms with Crippen molar-refractivity contribution in [3.05, 3.63) is 87.4 Å². The third kappa shape index (κ3) is 4.80. The fourth-order valence-electron chi connectivity index (χ4n) is 2.49. The number of aromatic nitrogens is 1. The lowest BCUT2D eigenvalue weighted by molar-refractivity contribution is -0.132. The van der Waals surface area contributed by atoms with Crippen molar-refractivity contribution >= 4 is 40.5 Å². The van der Waals surface area contributed by atoms with Gasteiger partial charge in [0.05, 0.1) is 3.57 Å². The van der Waals surface area contributed by atoms with Crippen molar-refractivity contribution in [2.75, 3.05) is 0 Å². The number of amides is 1. The Bertz CT molecular complexity index is 1040. The number of para-hydroxylation sites is 1. The first-order chi connectivity index (χ1) is 13.4. The van der Waals surface area contributed by atoms with E-state index in [9.17, 15) is 14.7 Å². The molecule has 7 heteroatoms. The van der Waals surface area contributed by atoms with E-state index in [1.807, 2.05) is 24.3 Å². The van der Waals surface area contributed by atoms with Crippen molar-refractivity contribution < 1.29 is 19.4 Å². The highest BCUT2D eigenvalue weighted by molar-refractivity contribution is 14.1. The lowest BCUT2D eigenvalue weighted by Crippen LogP contribution is -2.28. The number of ether oxygens (including phenoxy) is 1. The van der Waals surface area contributed by atoms with Crippen LogP contribution >= 0.6 is 22.6 Å². The summed E-state index contributed by atoms with van der Waals surface area (Å²) in [5.41, 5.74) is 0.783. The summed E-state index contributed by atoms with van der Waals surface area (Å²) in [5.74, 6) is -0.333. The SMILES string of the molecule is Cn1cccc1C(=O)N/C(=C/c1ccc(Oc2ccccc2I)cc1)C(=O)O. The lowest BCUT2D eigenvalue weighted by Gasteiger charge is -2.09. The largest absolute Gasteiger partial charge is 0.477 e. The molecule has 2 N–H and O–H groups in total. The van der Waals surface area contributed by atoms with E-state index in [0.717, 1.165) is 9.32 Å². The predicted molar refractivity (Wildman–Crippen MR) is 114 cm³/mol. The van der Waals surface area contributed by atoms with Crippen molar-refractivity contribution in [2.24, 2.45) is 7.05 Å². The highest BCUT2D eigenvalue weighted by Gasteiger charge is 2.15. The number of carbonyl (C=O) groups is 2. The van der Waals surface area contributed by atoms with Gasteiger partial charge in [-0.2, -0.15) is 0 Å². The van der Waals surface area contributed by atoms with Gasteiger partial charge in [-0.3, -0.25) is 4.79 Å². The van der Waals surface area contributed by atoms with Crippen LogP contribution in [0.1, 0.15) is 16.1 Å². The molecule has 0 aliphatic heterocycles. The van der Waals surface area contributed by atoms with Gasteiger partial charge in [0, 0.05) is 13.2 Å². The Hall–Kier alpha value is -3.07. The maximum atomic E-state index is 12.3. The summed E-state index contributed by atoms with van der Waals surface area (Å²) in [6.45, 7) is 0. The normalized spacial score (nSPS) is 11.1. The number of carbonyl (C=O) groups excluding carboxylic acids is 1. The number of aliphatic carboxylic acids is 1. The molecule has 1 aromatic heterocycles. The van der Waals surface area contributed by atoms with E-state index in [1.165, 1.54) is 6.08 Å². The van der Waals surface area contributed by atoms with Crippen LogP contribution in [0.4, 0.5) is 0 Å². The molecule has 0 bridgehead atoms. The number of carboxylic acids is 1. The molecule has 28 heavy (non-hydrogen) atoms. The van der Waals surface area contributed by atoms with Gasteiger partial charge in [0.2, 0.25) is 0 Å². The van der Waals surface area contributed by atoms with Crippen LogP contribution in [0.15, 0.2) is 72.6 Å². The molecule has 0 aliphatic rings. The van der Waals surface area contributed by atoms with Gasteiger partial charge in [-0.05, 0) is 70.6 Å². The van der Waals surface area contributed by atoms with Crippen molar-refractivity contribution in [2.45, 2.75) is 0 Å². The smallest absolute Gasteiger partial charge is 0.352 e. The molecule has 0 spiro atoms. The van der Waals surface area contributed by atoms with E-state index in [4.69, 9.17) is 4.74 Å². The average molecular weight is 488 g/mol. The molecule has 2 aromatic carbocycles. The molecule has 0 fully saturated rings. The van der Waals surface area contributed by atoms with Crippen LogP contribution in [0.2, 0.25) is 0 Å². The molecule has 0 radical (unpaired) electrons.